The number of hydrogen-bond donors (Lipinski definition) is 2. The van der Waals surface area contributed by atoms with Gasteiger partial charge < -0.3 is 5.32 Å². The van der Waals surface area contributed by atoms with Gasteiger partial charge in [0.1, 0.15) is 0 Å². The monoisotopic (exact) mass is 282 g/mol. The fourth-order valence-corrected chi connectivity index (χ4v) is 2.97. The first-order valence-electron chi connectivity index (χ1n) is 6.26. The standard InChI is InChI=1S/C13H18N2O3S/c1-9-7-12(5-6-13(9)15-10(2)16)19(17,18)14-8-11-3-4-11/h5-7,11,14H,3-4,8H2,1-2H3,(H,15,16). The van der Waals surface area contributed by atoms with Gasteiger partial charge in [0.2, 0.25) is 15.9 Å². The molecule has 1 aliphatic carbocycles. The summed E-state index contributed by atoms with van der Waals surface area (Å²) in [5.41, 5.74) is 1.36. The third kappa shape index (κ3) is 3.78. The highest BCUT2D eigenvalue weighted by Gasteiger charge is 2.24. The van der Waals surface area contributed by atoms with Crippen LogP contribution in [0.5, 0.6) is 0 Å². The topological polar surface area (TPSA) is 75.3 Å². The Balaban J connectivity index is 2.15. The number of hydrogen-bond acceptors (Lipinski definition) is 3. The second-order valence-corrected chi connectivity index (χ2v) is 6.72. The molecule has 5 nitrogen and oxygen atoms in total. The van der Waals surface area contributed by atoms with E-state index in [0.717, 1.165) is 18.4 Å². The van der Waals surface area contributed by atoms with Crippen LogP contribution in [0.1, 0.15) is 25.3 Å². The van der Waals surface area contributed by atoms with E-state index in [1.807, 2.05) is 0 Å². The Hall–Kier alpha value is -1.40. The number of aryl methyl sites for hydroxylation is 1. The predicted molar refractivity (Wildman–Crippen MR) is 73.4 cm³/mol. The second kappa shape index (κ2) is 5.30. The highest BCUT2D eigenvalue weighted by molar-refractivity contribution is 7.89. The van der Waals surface area contributed by atoms with Gasteiger partial charge >= 0.3 is 0 Å². The summed E-state index contributed by atoms with van der Waals surface area (Å²) in [5.74, 6) is 0.320. The van der Waals surface area contributed by atoms with Crippen molar-refractivity contribution in [2.75, 3.05) is 11.9 Å². The second-order valence-electron chi connectivity index (χ2n) is 4.95. The predicted octanol–water partition coefficient (Wildman–Crippen LogP) is 1.64. The van der Waals surface area contributed by atoms with Gasteiger partial charge in [-0.2, -0.15) is 0 Å². The molecular formula is C13H18N2O3S. The maximum atomic E-state index is 12.1. The summed E-state index contributed by atoms with van der Waals surface area (Å²) in [6.07, 6.45) is 2.20. The van der Waals surface area contributed by atoms with Crippen LogP contribution >= 0.6 is 0 Å². The summed E-state index contributed by atoms with van der Waals surface area (Å²) in [4.78, 5) is 11.2. The molecule has 1 saturated carbocycles. The Morgan fingerprint density at radius 2 is 2.05 bits per heavy atom. The van der Waals surface area contributed by atoms with E-state index in [0.29, 0.717) is 18.2 Å². The van der Waals surface area contributed by atoms with Crippen LogP contribution in [0, 0.1) is 12.8 Å². The minimum atomic E-state index is -3.45. The molecule has 0 unspecified atom stereocenters. The van der Waals surface area contributed by atoms with E-state index in [4.69, 9.17) is 0 Å². The molecule has 0 bridgehead atoms. The van der Waals surface area contributed by atoms with Crippen LogP contribution in [-0.4, -0.2) is 20.9 Å². The van der Waals surface area contributed by atoms with Crippen molar-refractivity contribution < 1.29 is 13.2 Å². The van der Waals surface area contributed by atoms with Crippen molar-refractivity contribution in [3.05, 3.63) is 23.8 Å². The van der Waals surface area contributed by atoms with Gasteiger partial charge in [-0.05, 0) is 49.4 Å². The number of sulfonamides is 1. The smallest absolute Gasteiger partial charge is 0.240 e. The van der Waals surface area contributed by atoms with Crippen LogP contribution in [0.4, 0.5) is 5.69 Å². The third-order valence-electron chi connectivity index (χ3n) is 3.08. The Labute approximate surface area is 113 Å². The lowest BCUT2D eigenvalue weighted by atomic mass is 10.2. The van der Waals surface area contributed by atoms with Gasteiger partial charge in [-0.1, -0.05) is 0 Å². The highest BCUT2D eigenvalue weighted by atomic mass is 32.2. The highest BCUT2D eigenvalue weighted by Crippen LogP contribution is 2.28. The average molecular weight is 282 g/mol. The quantitative estimate of drug-likeness (QED) is 0.862. The zero-order valence-electron chi connectivity index (χ0n) is 11.1. The van der Waals surface area contributed by atoms with Crippen molar-refractivity contribution >= 4 is 21.6 Å². The lowest BCUT2D eigenvalue weighted by Crippen LogP contribution is -2.26. The molecule has 2 N–H and O–H groups in total. The minimum Gasteiger partial charge on any atom is -0.326 e. The molecule has 1 aromatic carbocycles. The Morgan fingerprint density at radius 1 is 1.37 bits per heavy atom. The lowest BCUT2D eigenvalue weighted by Gasteiger charge is -2.10. The van der Waals surface area contributed by atoms with Crippen molar-refractivity contribution in [2.45, 2.75) is 31.6 Å². The number of nitrogens with one attached hydrogen (secondary N) is 2. The van der Waals surface area contributed by atoms with E-state index < -0.39 is 10.0 Å². The van der Waals surface area contributed by atoms with Gasteiger partial charge in [0.15, 0.2) is 0 Å². The summed E-state index contributed by atoms with van der Waals surface area (Å²) >= 11 is 0. The Bertz CT molecular complexity index is 592. The fourth-order valence-electron chi connectivity index (χ4n) is 1.77. The number of carbonyl (C=O) groups is 1. The number of benzene rings is 1. The van der Waals surface area contributed by atoms with E-state index >= 15 is 0 Å². The average Bonchev–Trinajstić information content (AvgIpc) is 3.12. The van der Waals surface area contributed by atoms with Crippen LogP contribution in [0.2, 0.25) is 0 Å². The summed E-state index contributed by atoms with van der Waals surface area (Å²) in [5, 5.41) is 2.66. The molecule has 104 valence electrons. The molecule has 1 amide bonds. The zero-order valence-corrected chi connectivity index (χ0v) is 11.9. The summed E-state index contributed by atoms with van der Waals surface area (Å²) < 4.78 is 26.7. The largest absolute Gasteiger partial charge is 0.326 e. The SMILES string of the molecule is CC(=O)Nc1ccc(S(=O)(=O)NCC2CC2)cc1C. The molecule has 0 radical (unpaired) electrons. The molecule has 6 heteroatoms. The van der Waals surface area contributed by atoms with E-state index in [2.05, 4.69) is 10.0 Å². The van der Waals surface area contributed by atoms with Gasteiger partial charge in [-0.15, -0.1) is 0 Å². The zero-order chi connectivity index (χ0) is 14.0. The third-order valence-corrected chi connectivity index (χ3v) is 4.50. The summed E-state index contributed by atoms with van der Waals surface area (Å²) in [6.45, 7) is 3.70. The van der Waals surface area contributed by atoms with Crippen LogP contribution < -0.4 is 10.0 Å². The summed E-state index contributed by atoms with van der Waals surface area (Å²) in [6, 6.07) is 4.69. The van der Waals surface area contributed by atoms with Crippen molar-refractivity contribution in [3.63, 3.8) is 0 Å². The van der Waals surface area contributed by atoms with E-state index in [-0.39, 0.29) is 10.8 Å². The van der Waals surface area contributed by atoms with Crippen LogP contribution in [0.15, 0.2) is 23.1 Å². The first-order valence-corrected chi connectivity index (χ1v) is 7.75. The van der Waals surface area contributed by atoms with Crippen LogP contribution in [0.25, 0.3) is 0 Å². The summed E-state index contributed by atoms with van der Waals surface area (Å²) in [7, 11) is -3.45. The van der Waals surface area contributed by atoms with E-state index in [1.165, 1.54) is 13.0 Å². The number of amides is 1. The van der Waals surface area contributed by atoms with Gasteiger partial charge in [0, 0.05) is 19.2 Å². The van der Waals surface area contributed by atoms with E-state index in [9.17, 15) is 13.2 Å². The number of rotatable bonds is 5. The number of carbonyl (C=O) groups excluding carboxylic acids is 1. The molecule has 0 heterocycles. The number of anilines is 1. The lowest BCUT2D eigenvalue weighted by molar-refractivity contribution is -0.114. The van der Waals surface area contributed by atoms with Crippen LogP contribution in [0.3, 0.4) is 0 Å². The van der Waals surface area contributed by atoms with Gasteiger partial charge in [-0.25, -0.2) is 13.1 Å². The molecule has 2 rings (SSSR count). The van der Waals surface area contributed by atoms with Crippen molar-refractivity contribution in [1.82, 2.24) is 4.72 Å². The van der Waals surface area contributed by atoms with Crippen molar-refractivity contribution in [1.29, 1.82) is 0 Å². The molecule has 19 heavy (non-hydrogen) atoms. The molecule has 0 aromatic heterocycles. The molecular weight excluding hydrogens is 264 g/mol. The van der Waals surface area contributed by atoms with Crippen LogP contribution in [-0.2, 0) is 14.8 Å². The molecule has 0 spiro atoms. The maximum Gasteiger partial charge on any atom is 0.240 e. The first-order chi connectivity index (χ1) is 8.88. The molecule has 1 aliphatic rings. The van der Waals surface area contributed by atoms with Crippen molar-refractivity contribution in [2.24, 2.45) is 5.92 Å². The molecule has 1 fully saturated rings. The van der Waals surface area contributed by atoms with E-state index in [1.54, 1.807) is 19.1 Å². The molecule has 0 saturated heterocycles. The van der Waals surface area contributed by atoms with Crippen molar-refractivity contribution in [3.8, 4) is 0 Å². The Kier molecular flexibility index (Phi) is 3.91. The maximum absolute atomic E-state index is 12.1. The fraction of sp³-hybridized carbons (Fsp3) is 0.462. The molecule has 0 atom stereocenters. The van der Waals surface area contributed by atoms with Gasteiger partial charge in [0.25, 0.3) is 0 Å². The normalized spacial score (nSPS) is 15.3. The minimum absolute atomic E-state index is 0.175. The molecule has 1 aromatic rings. The Morgan fingerprint density at radius 3 is 2.58 bits per heavy atom. The molecule has 0 aliphatic heterocycles. The van der Waals surface area contributed by atoms with Gasteiger partial charge in [0.05, 0.1) is 4.90 Å². The van der Waals surface area contributed by atoms with Gasteiger partial charge in [-0.3, -0.25) is 4.79 Å². The first kappa shape index (κ1) is 14.0.